The molecule has 0 unspecified atom stereocenters. The van der Waals surface area contributed by atoms with Gasteiger partial charge in [-0.1, -0.05) is 212 Å². The van der Waals surface area contributed by atoms with Crippen molar-refractivity contribution in [2.75, 3.05) is 13.2 Å². The third-order valence-corrected chi connectivity index (χ3v) is 19.5. The zero-order chi connectivity index (χ0) is 69.1. The number of nitrogens with zero attached hydrogens (tertiary/aromatic N) is 2. The van der Waals surface area contributed by atoms with Gasteiger partial charge < -0.3 is 28.8 Å². The van der Waals surface area contributed by atoms with Gasteiger partial charge in [0.2, 0.25) is 0 Å². The van der Waals surface area contributed by atoms with Crippen molar-refractivity contribution >= 4 is 66.8 Å². The van der Waals surface area contributed by atoms with E-state index in [0.29, 0.717) is 70.1 Å². The minimum Gasteiger partial charge on any atom is -0.505 e. The summed E-state index contributed by atoms with van der Waals surface area (Å²) in [7, 11) is 0. The van der Waals surface area contributed by atoms with Gasteiger partial charge in [0.05, 0.1) is 35.3 Å². The quantitative estimate of drug-likeness (QED) is 0.100. The van der Waals surface area contributed by atoms with Gasteiger partial charge in [0, 0.05) is 53.8 Å². The molecule has 0 saturated heterocycles. The van der Waals surface area contributed by atoms with Crippen LogP contribution < -0.4 is 9.47 Å². The number of halogens is 2. The predicted octanol–water partition coefficient (Wildman–Crippen LogP) is 25.4. The van der Waals surface area contributed by atoms with Gasteiger partial charge >= 0.3 is 0 Å². The summed E-state index contributed by atoms with van der Waals surface area (Å²) >= 11 is 13.9. The molecule has 0 aliphatic rings. The number of rotatable bonds is 15. The molecule has 94 heavy (non-hydrogen) atoms. The monoisotopic (exact) mass is 1300 g/mol. The molecule has 0 radical (unpaired) electrons. The number of aromatic hydroxyl groups is 2. The molecule has 8 aromatic carbocycles. The molecule has 0 spiro atoms. The molecule has 2 heterocycles. The number of ether oxygens (including phenoxy) is 2. The molecule has 498 valence electrons. The highest BCUT2D eigenvalue weighted by atomic mass is 35.5. The summed E-state index contributed by atoms with van der Waals surface area (Å²) in [5.41, 5.74) is 15.7. The van der Waals surface area contributed by atoms with E-state index >= 15 is 0 Å². The molecule has 10 rings (SSSR count). The number of fused-ring (bicyclic) bond motifs is 6. The Bertz CT molecular complexity index is 4090. The third-order valence-electron chi connectivity index (χ3n) is 19.0. The fourth-order valence-electron chi connectivity index (χ4n) is 15.0. The second-order valence-electron chi connectivity index (χ2n) is 35.3. The van der Waals surface area contributed by atoms with Crippen LogP contribution in [0.5, 0.6) is 23.0 Å². The lowest BCUT2D eigenvalue weighted by molar-refractivity contribution is 0.243. The van der Waals surface area contributed by atoms with Crippen molar-refractivity contribution in [2.45, 2.75) is 224 Å². The summed E-state index contributed by atoms with van der Waals surface area (Å²) in [6.45, 7) is 55.0. The van der Waals surface area contributed by atoms with Crippen molar-refractivity contribution in [3.05, 3.63) is 176 Å². The smallest absolute Gasteiger partial charge is 0.151 e. The zero-order valence-electron chi connectivity index (χ0n) is 61.2. The number of hydrogen-bond acceptors (Lipinski definition) is 4. The van der Waals surface area contributed by atoms with Crippen molar-refractivity contribution in [1.29, 1.82) is 0 Å². The van der Waals surface area contributed by atoms with Crippen LogP contribution in [-0.4, -0.2) is 32.6 Å². The van der Waals surface area contributed by atoms with Gasteiger partial charge in [0.15, 0.2) is 23.0 Å². The summed E-state index contributed by atoms with van der Waals surface area (Å²) in [5.74, 6) is 1.54. The largest absolute Gasteiger partial charge is 0.505 e. The third kappa shape index (κ3) is 14.2. The Labute approximate surface area is 573 Å². The van der Waals surface area contributed by atoms with Crippen LogP contribution in [0.4, 0.5) is 0 Å². The first-order chi connectivity index (χ1) is 43.3. The standard InChI is InChI=1S/C86H106Cl2N2O4/c1-51-37-53(41-59(87)39-51)61-47-67(85(21,22)49-79(3,4)5)77(73(75(61)91)89-69-31-27-55(81(9,10)11)43-63(69)64-44-56(82(12,13)14)28-32-70(64)89)93-35-25-26-36-94-78-68(86(23,24)50-80(6,7)8)48-62(54-38-52(2)40-60(88)42-54)76(92)74(78)90-71-33-29-57(83(15,16)17)45-65(71)66-46-58(84(18,19)20)30-34-72(66)90/h27-34,37-48,91-92H,25-26,35-36,49-50H2,1-24H3. The average molecular weight is 1300 g/mol. The second-order valence-corrected chi connectivity index (χ2v) is 36.1. The van der Waals surface area contributed by atoms with E-state index in [1.807, 2.05) is 24.3 Å². The molecule has 0 saturated carbocycles. The van der Waals surface area contributed by atoms with Crippen molar-refractivity contribution in [3.63, 3.8) is 0 Å². The maximum absolute atomic E-state index is 13.5. The Balaban J connectivity index is 1.16. The van der Waals surface area contributed by atoms with Crippen LogP contribution in [0, 0.1) is 24.7 Å². The molecule has 2 aromatic heterocycles. The van der Waals surface area contributed by atoms with Crippen LogP contribution in [0.15, 0.2) is 121 Å². The van der Waals surface area contributed by atoms with E-state index in [2.05, 4.69) is 272 Å². The van der Waals surface area contributed by atoms with Crippen LogP contribution >= 0.6 is 23.2 Å². The highest BCUT2D eigenvalue weighted by Crippen LogP contribution is 2.55. The van der Waals surface area contributed by atoms with Gasteiger partial charge in [-0.25, -0.2) is 0 Å². The predicted molar refractivity (Wildman–Crippen MR) is 404 cm³/mol. The summed E-state index contributed by atoms with van der Waals surface area (Å²) in [4.78, 5) is 0. The van der Waals surface area contributed by atoms with Crippen LogP contribution in [0.25, 0.3) is 77.2 Å². The minimum atomic E-state index is -0.445. The normalized spacial score (nSPS) is 13.3. The SMILES string of the molecule is Cc1cc(Cl)cc(-c2cc(C(C)(C)CC(C)(C)C)c(OCCCCOc3c(C(C)(C)CC(C)(C)C)cc(-c4cc(C)cc(Cl)c4)c(O)c3-n3c4ccc(C(C)(C)C)cc4c4cc(C(C)(C)C)ccc43)c(-n3c4ccc(C(C)(C)C)cc4c4cc(C(C)(C)C)ccc43)c2O)c1. The highest BCUT2D eigenvalue weighted by molar-refractivity contribution is 6.31. The number of aryl methyl sites for hydroxylation is 2. The number of aromatic nitrogens is 2. The first kappa shape index (κ1) is 70.0. The summed E-state index contributed by atoms with van der Waals surface area (Å²) < 4.78 is 19.5. The topological polar surface area (TPSA) is 68.8 Å². The highest BCUT2D eigenvalue weighted by Gasteiger charge is 2.38. The van der Waals surface area contributed by atoms with E-state index < -0.39 is 10.8 Å². The number of benzene rings is 8. The summed E-state index contributed by atoms with van der Waals surface area (Å²) in [6.07, 6.45) is 2.90. The van der Waals surface area contributed by atoms with Gasteiger partial charge in [0.25, 0.3) is 0 Å². The Morgan fingerprint density at radius 3 is 0.883 bits per heavy atom. The second kappa shape index (κ2) is 24.7. The van der Waals surface area contributed by atoms with Crippen LogP contribution in [0.3, 0.4) is 0 Å². The minimum absolute atomic E-state index is 0.0641. The fourth-order valence-corrected chi connectivity index (χ4v) is 15.6. The molecule has 0 bridgehead atoms. The Morgan fingerprint density at radius 1 is 0.362 bits per heavy atom. The number of phenolic OH excluding ortho intramolecular Hbond substituents is 2. The number of unbranched alkanes of at least 4 members (excludes halogenated alkanes) is 1. The first-order valence-corrected chi connectivity index (χ1v) is 34.9. The molecule has 0 aliphatic heterocycles. The maximum Gasteiger partial charge on any atom is 0.151 e. The number of phenols is 2. The molecule has 8 heteroatoms. The van der Waals surface area contributed by atoms with Gasteiger partial charge in [0.1, 0.15) is 11.4 Å². The number of hydrogen-bond donors (Lipinski definition) is 2. The van der Waals surface area contributed by atoms with Crippen LogP contribution in [-0.2, 0) is 32.5 Å². The van der Waals surface area contributed by atoms with Gasteiger partial charge in [-0.3, -0.25) is 0 Å². The molecule has 0 atom stereocenters. The summed E-state index contributed by atoms with van der Waals surface area (Å²) in [6, 6.07) is 43.8. The summed E-state index contributed by atoms with van der Waals surface area (Å²) in [5, 5.41) is 32.7. The average Bonchev–Trinajstić information content (AvgIpc) is 1.49. The van der Waals surface area contributed by atoms with E-state index in [4.69, 9.17) is 32.7 Å². The van der Waals surface area contributed by atoms with E-state index in [0.717, 1.165) is 89.8 Å². The van der Waals surface area contributed by atoms with E-state index in [-0.39, 0.29) is 44.0 Å². The van der Waals surface area contributed by atoms with Crippen molar-refractivity contribution < 1.29 is 19.7 Å². The molecular formula is C86H106Cl2N2O4. The lowest BCUT2D eigenvalue weighted by Crippen LogP contribution is -2.26. The Morgan fingerprint density at radius 2 is 0.638 bits per heavy atom. The Kier molecular flexibility index (Phi) is 18.3. The van der Waals surface area contributed by atoms with Gasteiger partial charge in [-0.05, 0) is 212 Å². The molecule has 2 N–H and O–H groups in total. The van der Waals surface area contributed by atoms with Crippen molar-refractivity contribution in [3.8, 4) is 56.6 Å². The molecular weight excluding hydrogens is 1200 g/mol. The van der Waals surface area contributed by atoms with E-state index in [9.17, 15) is 10.2 Å². The van der Waals surface area contributed by atoms with Crippen molar-refractivity contribution in [1.82, 2.24) is 9.13 Å². The van der Waals surface area contributed by atoms with Crippen LogP contribution in [0.2, 0.25) is 10.0 Å². The van der Waals surface area contributed by atoms with Crippen LogP contribution in [0.1, 0.15) is 223 Å². The van der Waals surface area contributed by atoms with Crippen molar-refractivity contribution in [2.24, 2.45) is 10.8 Å². The molecule has 10 aromatic rings. The van der Waals surface area contributed by atoms with E-state index in [1.165, 1.54) is 22.3 Å². The molecule has 0 amide bonds. The Hall–Kier alpha value is -6.86. The first-order valence-electron chi connectivity index (χ1n) is 34.1. The lowest BCUT2D eigenvalue weighted by atomic mass is 9.71. The zero-order valence-corrected chi connectivity index (χ0v) is 62.7. The lowest BCUT2D eigenvalue weighted by Gasteiger charge is -2.36. The maximum atomic E-state index is 13.5. The van der Waals surface area contributed by atoms with Gasteiger partial charge in [-0.15, -0.1) is 0 Å². The van der Waals surface area contributed by atoms with E-state index in [1.54, 1.807) is 0 Å². The molecule has 0 aliphatic carbocycles. The molecule has 6 nitrogen and oxygen atoms in total. The fraction of sp³-hybridized carbons (Fsp3) is 0.442. The van der Waals surface area contributed by atoms with Gasteiger partial charge in [-0.2, -0.15) is 0 Å². The molecule has 0 fully saturated rings.